The molecule has 3 aliphatic rings. The van der Waals surface area contributed by atoms with Gasteiger partial charge in [-0.05, 0) is 61.1 Å². The fraction of sp³-hybridized carbons (Fsp3) is 0.367. The minimum Gasteiger partial charge on any atom is -0.505 e. The number of fused-ring (bicyclic) bond motifs is 2. The van der Waals surface area contributed by atoms with Crippen LogP contribution in [0.2, 0.25) is 0 Å². The van der Waals surface area contributed by atoms with Gasteiger partial charge >= 0.3 is 5.97 Å². The van der Waals surface area contributed by atoms with E-state index in [-0.39, 0.29) is 30.4 Å². The van der Waals surface area contributed by atoms with E-state index in [9.17, 15) is 29.4 Å². The number of rotatable bonds is 6. The Bertz CT molecular complexity index is 1500. The number of Topliss-reactive ketones (excluding diaryl/α,β-unsaturated/α-hetero) is 2. The molecule has 0 bridgehead atoms. The lowest BCUT2D eigenvalue weighted by atomic mass is 9.81. The predicted molar refractivity (Wildman–Crippen MR) is 154 cm³/mol. The van der Waals surface area contributed by atoms with Crippen molar-refractivity contribution in [2.45, 2.75) is 57.7 Å². The number of benzene rings is 2. The number of halogens is 1. The third kappa shape index (κ3) is 6.64. The number of carboxylic acid groups (broad SMARTS) is 1. The van der Waals surface area contributed by atoms with Crippen molar-refractivity contribution >= 4 is 56.0 Å². The van der Waals surface area contributed by atoms with Gasteiger partial charge in [-0.2, -0.15) is 0 Å². The van der Waals surface area contributed by atoms with Gasteiger partial charge in [-0.1, -0.05) is 40.9 Å². The molecule has 11 heteroatoms. The van der Waals surface area contributed by atoms with E-state index in [1.807, 2.05) is 0 Å². The molecule has 0 saturated heterocycles. The van der Waals surface area contributed by atoms with Crippen molar-refractivity contribution < 1.29 is 39.6 Å². The smallest absolute Gasteiger partial charge is 0.340 e. The fourth-order valence-electron chi connectivity index (χ4n) is 4.73. The van der Waals surface area contributed by atoms with E-state index >= 15 is 0 Å². The normalized spacial score (nSPS) is 15.9. The van der Waals surface area contributed by atoms with Crippen molar-refractivity contribution in [3.8, 4) is 5.75 Å². The Morgan fingerprint density at radius 2 is 1.59 bits per heavy atom. The van der Waals surface area contributed by atoms with Crippen LogP contribution in [-0.2, 0) is 22.8 Å². The maximum absolute atomic E-state index is 11.5. The van der Waals surface area contributed by atoms with E-state index in [2.05, 4.69) is 26.2 Å². The number of nitrogens with one attached hydrogen (secondary N) is 1. The Hall–Kier alpha value is -3.67. The van der Waals surface area contributed by atoms with Crippen LogP contribution in [0.5, 0.6) is 5.75 Å². The summed E-state index contributed by atoms with van der Waals surface area (Å²) in [5, 5.41) is 40.9. The minimum absolute atomic E-state index is 0.118. The molecular formula is C30H31BrN2O8. The number of carbonyl (C=O) groups excluding carboxylic acids is 3. The highest BCUT2D eigenvalue weighted by molar-refractivity contribution is 9.09. The molecule has 6 rings (SSSR count). The van der Waals surface area contributed by atoms with Crippen molar-refractivity contribution in [2.24, 2.45) is 5.92 Å². The van der Waals surface area contributed by atoms with Crippen molar-refractivity contribution in [2.75, 3.05) is 10.6 Å². The number of hydrogen-bond donors (Lipinski definition) is 5. The predicted octanol–water partition coefficient (Wildman–Crippen LogP) is 4.46. The number of hydrogen-bond acceptors (Lipinski definition) is 8. The summed E-state index contributed by atoms with van der Waals surface area (Å²) in [5.41, 5.74) is 2.99. The number of carbonyl (C=O) groups is 4. The van der Waals surface area contributed by atoms with Crippen molar-refractivity contribution in [1.82, 2.24) is 4.98 Å². The van der Waals surface area contributed by atoms with E-state index in [0.717, 1.165) is 32.1 Å². The number of alkyl halides is 1. The molecule has 216 valence electrons. The third-order valence-electron chi connectivity index (χ3n) is 7.60. The van der Waals surface area contributed by atoms with Crippen LogP contribution in [0.4, 0.5) is 5.69 Å². The fourth-order valence-corrected chi connectivity index (χ4v) is 5.19. The molecule has 0 unspecified atom stereocenters. The van der Waals surface area contributed by atoms with Gasteiger partial charge in [0.25, 0.3) is 11.7 Å². The lowest BCUT2D eigenvalue weighted by Crippen LogP contribution is -2.22. The quantitative estimate of drug-likeness (QED) is 0.195. The highest BCUT2D eigenvalue weighted by atomic mass is 79.9. The van der Waals surface area contributed by atoms with Crippen LogP contribution < -0.4 is 5.32 Å². The molecule has 2 aliphatic carbocycles. The molecule has 41 heavy (non-hydrogen) atoms. The van der Waals surface area contributed by atoms with Gasteiger partial charge in [0.2, 0.25) is 0 Å². The summed E-state index contributed by atoms with van der Waals surface area (Å²) in [7, 11) is 0. The molecule has 0 radical (unpaired) electrons. The van der Waals surface area contributed by atoms with E-state index < -0.39 is 17.7 Å². The number of anilines is 1. The average Bonchev–Trinajstić information content (AvgIpc) is 3.19. The molecule has 2 heterocycles. The molecule has 0 atom stereocenters. The summed E-state index contributed by atoms with van der Waals surface area (Å²) in [5.74, 6) is -1.61. The lowest BCUT2D eigenvalue weighted by Gasteiger charge is -2.26. The van der Waals surface area contributed by atoms with Crippen LogP contribution in [0, 0.1) is 5.92 Å². The number of aliphatic hydroxyl groups is 2. The zero-order chi connectivity index (χ0) is 29.7. The number of aromatic hydroxyl groups is 1. The van der Waals surface area contributed by atoms with Gasteiger partial charge in [0.05, 0.1) is 41.0 Å². The maximum Gasteiger partial charge on any atom is 0.340 e. The van der Waals surface area contributed by atoms with Gasteiger partial charge in [-0.15, -0.1) is 0 Å². The molecule has 2 fully saturated rings. The monoisotopic (exact) mass is 626 g/mol. The molecule has 10 nitrogen and oxygen atoms in total. The first kappa shape index (κ1) is 30.3. The molecule has 5 N–H and O–H groups in total. The van der Waals surface area contributed by atoms with Crippen LogP contribution in [-0.4, -0.2) is 54.2 Å². The molecule has 1 amide bonds. The number of aromatic nitrogens is 1. The largest absolute Gasteiger partial charge is 0.505 e. The standard InChI is InChI=1S/C15H15NO4.C9H7NO3.C6H9BrO/c17-7-8-4-5-11-10(6-8)12(15(19)20)14(18)13(16-11)9-2-1-3-9;11-4-5-1-2-7-6(3-5)8(12)9(13)10-7;7-4-6(8)5-2-1-3-5/h4-6,9,17-18H,1-3,7H2,(H,19,20);1-3,11H,4H2,(H,10,12,13);5H,1-4H2. The highest BCUT2D eigenvalue weighted by Gasteiger charge is 2.29. The summed E-state index contributed by atoms with van der Waals surface area (Å²) in [6.07, 6.45) is 6.45. The van der Waals surface area contributed by atoms with E-state index in [4.69, 9.17) is 10.2 Å². The Kier molecular flexibility index (Phi) is 9.85. The number of carboxylic acids is 1. The SMILES string of the molecule is O=C(CBr)C1CCC1.O=C(O)c1c(O)c(C2CCC2)nc2ccc(CO)cc12.O=C1Nc2ccc(CO)cc2C1=O. The van der Waals surface area contributed by atoms with E-state index in [1.54, 1.807) is 30.3 Å². The molecule has 0 spiro atoms. The molecule has 2 saturated carbocycles. The minimum atomic E-state index is -1.18. The number of amides is 1. The first-order chi connectivity index (χ1) is 19.7. The van der Waals surface area contributed by atoms with Crippen LogP contribution in [0.1, 0.15) is 82.0 Å². The highest BCUT2D eigenvalue weighted by Crippen LogP contribution is 2.42. The van der Waals surface area contributed by atoms with Gasteiger partial charge in [0.15, 0.2) is 5.75 Å². The summed E-state index contributed by atoms with van der Waals surface area (Å²) in [6.45, 7) is -0.311. The van der Waals surface area contributed by atoms with Crippen LogP contribution in [0.3, 0.4) is 0 Å². The van der Waals surface area contributed by atoms with Crippen molar-refractivity contribution in [1.29, 1.82) is 0 Å². The van der Waals surface area contributed by atoms with Gasteiger partial charge in [0, 0.05) is 17.2 Å². The van der Waals surface area contributed by atoms with Crippen molar-refractivity contribution in [3.63, 3.8) is 0 Å². The Labute approximate surface area is 244 Å². The van der Waals surface area contributed by atoms with Gasteiger partial charge in [0.1, 0.15) is 11.3 Å². The lowest BCUT2D eigenvalue weighted by molar-refractivity contribution is -0.122. The molecule has 1 aliphatic heterocycles. The molecule has 3 aromatic rings. The summed E-state index contributed by atoms with van der Waals surface area (Å²) in [4.78, 5) is 48.7. The van der Waals surface area contributed by atoms with E-state index in [0.29, 0.717) is 56.0 Å². The van der Waals surface area contributed by atoms with Gasteiger partial charge in [-0.3, -0.25) is 14.4 Å². The number of aromatic carboxylic acids is 1. The zero-order valence-electron chi connectivity index (χ0n) is 22.2. The molecular weight excluding hydrogens is 596 g/mol. The first-order valence-electron chi connectivity index (χ1n) is 13.4. The van der Waals surface area contributed by atoms with Gasteiger partial charge < -0.3 is 25.7 Å². The van der Waals surface area contributed by atoms with Crippen LogP contribution in [0.15, 0.2) is 36.4 Å². The second-order valence-corrected chi connectivity index (χ2v) is 10.8. The topological polar surface area (TPSA) is 174 Å². The second kappa shape index (κ2) is 13.3. The third-order valence-corrected chi connectivity index (χ3v) is 8.15. The summed E-state index contributed by atoms with van der Waals surface area (Å²) >= 11 is 3.14. The zero-order valence-corrected chi connectivity index (χ0v) is 23.8. The number of ketones is 2. The number of nitrogens with zero attached hydrogens (tertiary/aromatic N) is 1. The summed E-state index contributed by atoms with van der Waals surface area (Å²) < 4.78 is 0. The Morgan fingerprint density at radius 1 is 0.951 bits per heavy atom. The number of aliphatic hydroxyl groups excluding tert-OH is 2. The first-order valence-corrected chi connectivity index (χ1v) is 14.5. The Balaban J connectivity index is 0.000000158. The van der Waals surface area contributed by atoms with Gasteiger partial charge in [-0.25, -0.2) is 9.78 Å². The Morgan fingerprint density at radius 3 is 2.10 bits per heavy atom. The number of pyridine rings is 1. The van der Waals surface area contributed by atoms with E-state index in [1.165, 1.54) is 12.5 Å². The maximum atomic E-state index is 11.5. The molecule has 2 aromatic carbocycles. The second-order valence-electron chi connectivity index (χ2n) is 10.2. The summed E-state index contributed by atoms with van der Waals surface area (Å²) in [6, 6.07) is 9.77. The molecule has 1 aromatic heterocycles. The van der Waals surface area contributed by atoms with Crippen molar-refractivity contribution in [3.05, 3.63) is 64.3 Å². The average molecular weight is 627 g/mol. The van der Waals surface area contributed by atoms with Crippen LogP contribution in [0.25, 0.3) is 10.9 Å². The van der Waals surface area contributed by atoms with Crippen LogP contribution >= 0.6 is 15.9 Å².